The molecule has 1 fully saturated rings. The smallest absolute Gasteiger partial charge is 0.331 e. The van der Waals surface area contributed by atoms with Crippen LogP contribution >= 0.6 is 0 Å². The van der Waals surface area contributed by atoms with Crippen LogP contribution in [0.4, 0.5) is 0 Å². The number of hydrogen-bond donors (Lipinski definition) is 1. The number of cyclic esters (lactones) is 1. The molecule has 4 atom stereocenters. The first-order valence-electron chi connectivity index (χ1n) is 13.2. The van der Waals surface area contributed by atoms with Gasteiger partial charge in [-0.15, -0.1) is 0 Å². The minimum Gasteiger partial charge on any atom is -0.493 e. The molecule has 212 valence electrons. The van der Waals surface area contributed by atoms with Gasteiger partial charge in [-0.05, 0) is 24.8 Å². The van der Waals surface area contributed by atoms with Crippen LogP contribution < -0.4 is 14.8 Å². The van der Waals surface area contributed by atoms with Gasteiger partial charge in [-0.2, -0.15) is 0 Å². The predicted molar refractivity (Wildman–Crippen MR) is 142 cm³/mol. The zero-order valence-corrected chi connectivity index (χ0v) is 23.2. The van der Waals surface area contributed by atoms with E-state index in [4.69, 9.17) is 23.7 Å². The molecule has 10 nitrogen and oxygen atoms in total. The van der Waals surface area contributed by atoms with Crippen molar-refractivity contribution in [3.8, 4) is 11.5 Å². The Morgan fingerprint density at radius 1 is 1.15 bits per heavy atom. The van der Waals surface area contributed by atoms with E-state index in [0.717, 1.165) is 18.4 Å². The van der Waals surface area contributed by atoms with Crippen molar-refractivity contribution in [1.82, 2.24) is 10.3 Å². The molecule has 3 rings (SSSR count). The molecule has 1 aliphatic rings. The Labute approximate surface area is 229 Å². The number of ether oxygens (including phenoxy) is 5. The third-order valence-corrected chi connectivity index (χ3v) is 6.47. The third kappa shape index (κ3) is 8.76. The van der Waals surface area contributed by atoms with Crippen molar-refractivity contribution in [2.24, 2.45) is 11.8 Å². The minimum absolute atomic E-state index is 0.106. The van der Waals surface area contributed by atoms with E-state index in [-0.39, 0.29) is 42.4 Å². The van der Waals surface area contributed by atoms with Crippen molar-refractivity contribution in [3.63, 3.8) is 0 Å². The lowest BCUT2D eigenvalue weighted by Gasteiger charge is -2.31. The Bertz CT molecular complexity index is 1110. The second kappa shape index (κ2) is 14.6. The van der Waals surface area contributed by atoms with Crippen LogP contribution in [0.5, 0.6) is 11.5 Å². The van der Waals surface area contributed by atoms with Crippen molar-refractivity contribution in [3.05, 3.63) is 53.9 Å². The summed E-state index contributed by atoms with van der Waals surface area (Å²) in [5.41, 5.74) is 0.827. The topological polar surface area (TPSA) is 122 Å². The molecule has 0 aliphatic carbocycles. The van der Waals surface area contributed by atoms with Crippen LogP contribution in [0.3, 0.4) is 0 Å². The Hall–Kier alpha value is -3.50. The number of methoxy groups -OCH3 is 1. The maximum Gasteiger partial charge on any atom is 0.331 e. The number of amides is 1. The predicted octanol–water partition coefficient (Wildman–Crippen LogP) is 3.71. The van der Waals surface area contributed by atoms with Gasteiger partial charge in [0.1, 0.15) is 6.10 Å². The van der Waals surface area contributed by atoms with Gasteiger partial charge in [0.25, 0.3) is 5.91 Å². The molecule has 2 aromatic rings. The average Bonchev–Trinajstić information content (AvgIpc) is 2.95. The van der Waals surface area contributed by atoms with Crippen molar-refractivity contribution < 1.29 is 38.1 Å². The highest BCUT2D eigenvalue weighted by Crippen LogP contribution is 2.30. The van der Waals surface area contributed by atoms with Gasteiger partial charge in [-0.3, -0.25) is 9.59 Å². The number of rotatable bonds is 10. The molecular formula is C29H38N2O8. The van der Waals surface area contributed by atoms with Crippen LogP contribution in [0.2, 0.25) is 0 Å². The van der Waals surface area contributed by atoms with Gasteiger partial charge < -0.3 is 29.0 Å². The molecular weight excluding hydrogens is 504 g/mol. The van der Waals surface area contributed by atoms with E-state index < -0.39 is 30.0 Å². The molecule has 39 heavy (non-hydrogen) atoms. The number of nitrogens with zero attached hydrogens (tertiary/aromatic N) is 1. The first kappa shape index (κ1) is 30.0. The van der Waals surface area contributed by atoms with E-state index in [1.165, 1.54) is 26.3 Å². The first-order chi connectivity index (χ1) is 18.7. The fourth-order valence-corrected chi connectivity index (χ4v) is 4.37. The molecule has 0 bridgehead atoms. The summed E-state index contributed by atoms with van der Waals surface area (Å²) >= 11 is 0. The Kier molecular flexibility index (Phi) is 11.2. The number of pyridine rings is 1. The summed E-state index contributed by atoms with van der Waals surface area (Å²) in [6.07, 6.45) is 2.25. The van der Waals surface area contributed by atoms with Crippen LogP contribution in [0.15, 0.2) is 42.6 Å². The second-order valence-electron chi connectivity index (χ2n) is 9.96. The fourth-order valence-electron chi connectivity index (χ4n) is 4.37. The van der Waals surface area contributed by atoms with Crippen molar-refractivity contribution in [1.29, 1.82) is 0 Å². The highest BCUT2D eigenvalue weighted by atomic mass is 16.6. The number of benzene rings is 1. The summed E-state index contributed by atoms with van der Waals surface area (Å²) in [7, 11) is 1.38. The molecule has 1 amide bonds. The largest absolute Gasteiger partial charge is 0.493 e. The van der Waals surface area contributed by atoms with Gasteiger partial charge in [0, 0.05) is 25.1 Å². The maximum atomic E-state index is 13.2. The summed E-state index contributed by atoms with van der Waals surface area (Å²) in [4.78, 5) is 42.0. The molecule has 0 saturated carbocycles. The number of esters is 2. The van der Waals surface area contributed by atoms with Gasteiger partial charge in [0.2, 0.25) is 5.75 Å². The summed E-state index contributed by atoms with van der Waals surface area (Å²) < 4.78 is 28.5. The van der Waals surface area contributed by atoms with E-state index in [1.54, 1.807) is 0 Å². The normalized spacial score (nSPS) is 21.7. The molecule has 10 heteroatoms. The fraction of sp³-hybridized carbons (Fsp3) is 0.517. The monoisotopic (exact) mass is 542 g/mol. The SMILES string of the molecule is COc1ccnc(C(=O)NC2COCC(OCc3ccccc3)C(CCC(C)C)C(C)OC2=O)c1OC(C)=O. The highest BCUT2D eigenvalue weighted by molar-refractivity contribution is 5.98. The number of nitrogens with one attached hydrogen (secondary N) is 1. The van der Waals surface area contributed by atoms with Crippen LogP contribution in [0.1, 0.15) is 56.6 Å². The molecule has 1 N–H and O–H groups in total. The second-order valence-corrected chi connectivity index (χ2v) is 9.96. The van der Waals surface area contributed by atoms with Crippen LogP contribution in [-0.2, 0) is 30.4 Å². The molecule has 1 aliphatic heterocycles. The summed E-state index contributed by atoms with van der Waals surface area (Å²) in [5, 5.41) is 2.62. The number of carbonyl (C=O) groups is 3. The van der Waals surface area contributed by atoms with Gasteiger partial charge in [0.05, 0.1) is 33.0 Å². The van der Waals surface area contributed by atoms with E-state index >= 15 is 0 Å². The zero-order valence-electron chi connectivity index (χ0n) is 23.2. The number of aromatic nitrogens is 1. The molecule has 1 saturated heterocycles. The number of hydrogen-bond acceptors (Lipinski definition) is 9. The van der Waals surface area contributed by atoms with E-state index in [1.807, 2.05) is 37.3 Å². The van der Waals surface area contributed by atoms with Crippen LogP contribution in [-0.4, -0.2) is 61.4 Å². The molecule has 1 aromatic carbocycles. The Balaban J connectivity index is 1.78. The van der Waals surface area contributed by atoms with Crippen molar-refractivity contribution in [2.75, 3.05) is 20.3 Å². The lowest BCUT2D eigenvalue weighted by Crippen LogP contribution is -2.46. The van der Waals surface area contributed by atoms with Gasteiger partial charge in [-0.1, -0.05) is 50.6 Å². The molecule has 1 aromatic heterocycles. The minimum atomic E-state index is -1.11. The molecule has 0 spiro atoms. The lowest BCUT2D eigenvalue weighted by molar-refractivity contribution is -0.155. The summed E-state index contributed by atoms with van der Waals surface area (Å²) in [5.74, 6) is -1.65. The van der Waals surface area contributed by atoms with E-state index in [2.05, 4.69) is 24.1 Å². The van der Waals surface area contributed by atoms with E-state index in [9.17, 15) is 14.4 Å². The summed E-state index contributed by atoms with van der Waals surface area (Å²) in [6.45, 7) is 7.81. The van der Waals surface area contributed by atoms with Gasteiger partial charge in [-0.25, -0.2) is 9.78 Å². The van der Waals surface area contributed by atoms with Crippen molar-refractivity contribution in [2.45, 2.75) is 65.4 Å². The zero-order chi connectivity index (χ0) is 28.4. The van der Waals surface area contributed by atoms with Crippen LogP contribution in [0, 0.1) is 11.8 Å². The molecule has 2 heterocycles. The Morgan fingerprint density at radius 3 is 2.56 bits per heavy atom. The Morgan fingerprint density at radius 2 is 1.90 bits per heavy atom. The highest BCUT2D eigenvalue weighted by Gasteiger charge is 2.36. The lowest BCUT2D eigenvalue weighted by atomic mass is 9.89. The number of carbonyl (C=O) groups excluding carboxylic acids is 3. The first-order valence-corrected chi connectivity index (χ1v) is 13.2. The third-order valence-electron chi connectivity index (χ3n) is 6.47. The van der Waals surface area contributed by atoms with Crippen molar-refractivity contribution >= 4 is 17.8 Å². The summed E-state index contributed by atoms with van der Waals surface area (Å²) in [6, 6.07) is 10.2. The van der Waals surface area contributed by atoms with Gasteiger partial charge in [0.15, 0.2) is 17.5 Å². The van der Waals surface area contributed by atoms with Gasteiger partial charge >= 0.3 is 11.9 Å². The maximum absolute atomic E-state index is 13.2. The quantitative estimate of drug-likeness (QED) is 0.448. The standard InChI is InChI=1S/C29H38N2O8/c1-18(2)11-12-22-19(3)38-29(34)23(16-36-17-25(22)37-15-21-9-7-6-8-10-21)31-28(33)26-27(39-20(4)32)24(35-5)13-14-30-26/h6-10,13-14,18-19,22-23,25H,11-12,15-17H2,1-5H3,(H,31,33). The molecule has 0 radical (unpaired) electrons. The van der Waals surface area contributed by atoms with Crippen LogP contribution in [0.25, 0.3) is 0 Å². The average molecular weight is 543 g/mol. The molecule has 4 unspecified atom stereocenters. The van der Waals surface area contributed by atoms with E-state index in [0.29, 0.717) is 12.5 Å².